The second kappa shape index (κ2) is 10.1. The van der Waals surface area contributed by atoms with E-state index in [4.69, 9.17) is 14.6 Å². The summed E-state index contributed by atoms with van der Waals surface area (Å²) in [6.45, 7) is 5.31. The SMILES string of the molecule is CCN(CC)C(=O)CCCNC(=O)c1c(OC)ccc(S(N)(=O)=O)c1OC. The highest BCUT2D eigenvalue weighted by Crippen LogP contribution is 2.34. The molecule has 10 heteroatoms. The van der Waals surface area contributed by atoms with E-state index in [-0.39, 0.29) is 34.4 Å². The summed E-state index contributed by atoms with van der Waals surface area (Å²) in [6, 6.07) is 2.55. The highest BCUT2D eigenvalue weighted by atomic mass is 32.2. The van der Waals surface area contributed by atoms with Gasteiger partial charge in [-0.05, 0) is 32.4 Å². The smallest absolute Gasteiger partial charge is 0.258 e. The summed E-state index contributed by atoms with van der Waals surface area (Å²) in [5.41, 5.74) is -0.0680. The van der Waals surface area contributed by atoms with Crippen LogP contribution in [0.2, 0.25) is 0 Å². The van der Waals surface area contributed by atoms with Crippen molar-refractivity contribution < 1.29 is 27.5 Å². The molecular weight excluding hydrogens is 374 g/mol. The molecule has 1 aromatic carbocycles. The Labute approximate surface area is 159 Å². The van der Waals surface area contributed by atoms with Crippen LogP contribution >= 0.6 is 0 Å². The molecule has 0 spiro atoms. The van der Waals surface area contributed by atoms with E-state index in [1.165, 1.54) is 26.4 Å². The number of nitrogens with two attached hydrogens (primary N) is 1. The Bertz CT molecular complexity index is 775. The van der Waals surface area contributed by atoms with E-state index in [0.29, 0.717) is 25.9 Å². The minimum Gasteiger partial charge on any atom is -0.496 e. The van der Waals surface area contributed by atoms with Gasteiger partial charge in [0.2, 0.25) is 15.9 Å². The van der Waals surface area contributed by atoms with Gasteiger partial charge in [0.25, 0.3) is 5.91 Å². The highest BCUT2D eigenvalue weighted by Gasteiger charge is 2.26. The molecule has 2 amide bonds. The zero-order valence-electron chi connectivity index (χ0n) is 16.1. The predicted octanol–water partition coefficient (Wildman–Crippen LogP) is 0.730. The largest absolute Gasteiger partial charge is 0.496 e. The Morgan fingerprint density at radius 2 is 1.78 bits per heavy atom. The zero-order chi connectivity index (χ0) is 20.6. The third kappa shape index (κ3) is 5.83. The lowest BCUT2D eigenvalue weighted by atomic mass is 10.1. The minimum absolute atomic E-state index is 0.0145. The fourth-order valence-electron chi connectivity index (χ4n) is 2.62. The van der Waals surface area contributed by atoms with Gasteiger partial charge in [0.15, 0.2) is 5.75 Å². The van der Waals surface area contributed by atoms with Gasteiger partial charge < -0.3 is 19.7 Å². The van der Waals surface area contributed by atoms with Gasteiger partial charge in [-0.2, -0.15) is 0 Å². The lowest BCUT2D eigenvalue weighted by Gasteiger charge is -2.18. The number of nitrogens with one attached hydrogen (secondary N) is 1. The van der Waals surface area contributed by atoms with Crippen molar-refractivity contribution in [3.63, 3.8) is 0 Å². The van der Waals surface area contributed by atoms with Crippen LogP contribution in [0.15, 0.2) is 17.0 Å². The summed E-state index contributed by atoms with van der Waals surface area (Å²) in [5, 5.41) is 7.83. The molecule has 3 N–H and O–H groups in total. The van der Waals surface area contributed by atoms with Gasteiger partial charge in [-0.3, -0.25) is 9.59 Å². The Morgan fingerprint density at radius 1 is 1.15 bits per heavy atom. The lowest BCUT2D eigenvalue weighted by molar-refractivity contribution is -0.130. The molecule has 0 saturated heterocycles. The van der Waals surface area contributed by atoms with Crippen molar-refractivity contribution in [3.05, 3.63) is 17.7 Å². The second-order valence-corrected chi connectivity index (χ2v) is 7.17. The molecule has 0 unspecified atom stereocenters. The maximum atomic E-state index is 12.6. The van der Waals surface area contributed by atoms with Gasteiger partial charge in [-0.15, -0.1) is 0 Å². The van der Waals surface area contributed by atoms with Crippen LogP contribution in [0.3, 0.4) is 0 Å². The maximum Gasteiger partial charge on any atom is 0.258 e. The number of nitrogens with zero attached hydrogens (tertiary/aromatic N) is 1. The van der Waals surface area contributed by atoms with Crippen molar-refractivity contribution in [2.75, 3.05) is 33.9 Å². The molecule has 0 aliphatic rings. The molecule has 0 radical (unpaired) electrons. The third-order valence-electron chi connectivity index (χ3n) is 4.01. The molecule has 152 valence electrons. The number of primary sulfonamides is 1. The van der Waals surface area contributed by atoms with Gasteiger partial charge in [-0.25, -0.2) is 13.6 Å². The molecule has 9 nitrogen and oxygen atoms in total. The van der Waals surface area contributed by atoms with E-state index in [1.807, 2.05) is 13.8 Å². The average molecular weight is 401 g/mol. The molecule has 0 aliphatic carbocycles. The third-order valence-corrected chi connectivity index (χ3v) is 4.94. The summed E-state index contributed by atoms with van der Waals surface area (Å²) in [5.74, 6) is -0.602. The molecular formula is C17H27N3O6S. The van der Waals surface area contributed by atoms with E-state index >= 15 is 0 Å². The van der Waals surface area contributed by atoms with Crippen molar-refractivity contribution >= 4 is 21.8 Å². The first-order chi connectivity index (χ1) is 12.7. The van der Waals surface area contributed by atoms with Gasteiger partial charge in [0.1, 0.15) is 16.2 Å². The number of hydrogen-bond donors (Lipinski definition) is 2. The number of methoxy groups -OCH3 is 2. The molecule has 1 aromatic rings. The average Bonchev–Trinajstić information content (AvgIpc) is 2.63. The number of benzene rings is 1. The quantitative estimate of drug-likeness (QED) is 0.556. The monoisotopic (exact) mass is 401 g/mol. The predicted molar refractivity (Wildman–Crippen MR) is 100 cm³/mol. The number of carbonyl (C=O) groups excluding carboxylic acids is 2. The summed E-state index contributed by atoms with van der Waals surface area (Å²) < 4.78 is 33.7. The normalized spacial score (nSPS) is 11.0. The second-order valence-electron chi connectivity index (χ2n) is 5.64. The van der Waals surface area contributed by atoms with Crippen molar-refractivity contribution in [1.29, 1.82) is 0 Å². The van der Waals surface area contributed by atoms with Crippen LogP contribution < -0.4 is 19.9 Å². The molecule has 0 bridgehead atoms. The molecule has 0 aromatic heterocycles. The first-order valence-electron chi connectivity index (χ1n) is 8.54. The van der Waals surface area contributed by atoms with Crippen LogP contribution in [-0.4, -0.2) is 59.0 Å². The summed E-state index contributed by atoms with van der Waals surface area (Å²) >= 11 is 0. The van der Waals surface area contributed by atoms with Crippen LogP contribution in [0.1, 0.15) is 37.0 Å². The van der Waals surface area contributed by atoms with Crippen LogP contribution in [0.5, 0.6) is 11.5 Å². The molecule has 0 atom stereocenters. The first kappa shape index (κ1) is 22.7. The first-order valence-corrected chi connectivity index (χ1v) is 10.1. The fourth-order valence-corrected chi connectivity index (χ4v) is 3.32. The van der Waals surface area contributed by atoms with Gasteiger partial charge in [-0.1, -0.05) is 0 Å². The van der Waals surface area contributed by atoms with Crippen LogP contribution in [0, 0.1) is 0 Å². The number of amides is 2. The standard InChI is InChI=1S/C17H27N3O6S/c1-5-20(6-2)14(21)8-7-11-19-17(22)15-12(25-3)9-10-13(16(15)26-4)27(18,23)24/h9-10H,5-8,11H2,1-4H3,(H,19,22)(H2,18,23,24). The van der Waals surface area contributed by atoms with Crippen LogP contribution in [-0.2, 0) is 14.8 Å². The van der Waals surface area contributed by atoms with Gasteiger partial charge in [0, 0.05) is 26.1 Å². The number of rotatable bonds is 10. The Hall–Kier alpha value is -2.33. The topological polar surface area (TPSA) is 128 Å². The molecule has 27 heavy (non-hydrogen) atoms. The van der Waals surface area contributed by atoms with Crippen molar-refractivity contribution in [1.82, 2.24) is 10.2 Å². The lowest BCUT2D eigenvalue weighted by Crippen LogP contribution is -2.32. The van der Waals surface area contributed by atoms with Crippen molar-refractivity contribution in [2.45, 2.75) is 31.6 Å². The van der Waals surface area contributed by atoms with E-state index in [1.54, 1.807) is 4.90 Å². The number of carbonyl (C=O) groups is 2. The maximum absolute atomic E-state index is 12.6. The number of ether oxygens (including phenoxy) is 2. The van der Waals surface area contributed by atoms with Crippen molar-refractivity contribution in [3.8, 4) is 11.5 Å². The summed E-state index contributed by atoms with van der Waals surface area (Å²) in [6.07, 6.45) is 0.744. The van der Waals surface area contributed by atoms with Gasteiger partial charge in [0.05, 0.1) is 14.2 Å². The molecule has 0 fully saturated rings. The Balaban J connectivity index is 2.92. The number of hydrogen-bond acceptors (Lipinski definition) is 6. The fraction of sp³-hybridized carbons (Fsp3) is 0.529. The Morgan fingerprint density at radius 3 is 2.26 bits per heavy atom. The van der Waals surface area contributed by atoms with Gasteiger partial charge >= 0.3 is 0 Å². The molecule has 0 heterocycles. The van der Waals surface area contributed by atoms with E-state index in [0.717, 1.165) is 0 Å². The van der Waals surface area contributed by atoms with Crippen molar-refractivity contribution in [2.24, 2.45) is 5.14 Å². The highest BCUT2D eigenvalue weighted by molar-refractivity contribution is 7.89. The molecule has 0 saturated carbocycles. The number of sulfonamides is 1. The van der Waals surface area contributed by atoms with E-state index in [9.17, 15) is 18.0 Å². The zero-order valence-corrected chi connectivity index (χ0v) is 16.9. The molecule has 0 aliphatic heterocycles. The minimum atomic E-state index is -4.09. The summed E-state index contributed by atoms with van der Waals surface area (Å²) in [4.78, 5) is 25.9. The van der Waals surface area contributed by atoms with E-state index in [2.05, 4.69) is 5.32 Å². The summed E-state index contributed by atoms with van der Waals surface area (Å²) in [7, 11) is -1.50. The van der Waals surface area contributed by atoms with E-state index < -0.39 is 15.9 Å². The Kier molecular flexibility index (Phi) is 8.51. The molecule has 1 rings (SSSR count). The van der Waals surface area contributed by atoms with Crippen LogP contribution in [0.25, 0.3) is 0 Å². The van der Waals surface area contributed by atoms with Crippen LogP contribution in [0.4, 0.5) is 0 Å².